The van der Waals surface area contributed by atoms with Gasteiger partial charge in [0.1, 0.15) is 5.71 Å². The van der Waals surface area contributed by atoms with E-state index in [2.05, 4.69) is 4.99 Å². The molecule has 1 aliphatic heterocycles. The molecule has 0 spiro atoms. The maximum absolute atomic E-state index is 12.2. The van der Waals surface area contributed by atoms with Gasteiger partial charge in [0.25, 0.3) is 6.29 Å². The Hall–Kier alpha value is -3.19. The van der Waals surface area contributed by atoms with E-state index in [4.69, 9.17) is 21.1 Å². The van der Waals surface area contributed by atoms with Crippen molar-refractivity contribution in [2.75, 3.05) is 0 Å². The number of hydrogen-bond acceptors (Lipinski definition) is 7. The van der Waals surface area contributed by atoms with Crippen molar-refractivity contribution < 1.29 is 29.0 Å². The van der Waals surface area contributed by atoms with Gasteiger partial charge in [0, 0.05) is 0 Å². The summed E-state index contributed by atoms with van der Waals surface area (Å²) in [7, 11) is 0. The topological polar surface area (TPSA) is 105 Å². The van der Waals surface area contributed by atoms with Crippen LogP contribution in [0, 0.1) is 0 Å². The normalized spacial score (nSPS) is 20.7. The fourth-order valence-corrected chi connectivity index (χ4v) is 2.45. The number of esters is 2. The van der Waals surface area contributed by atoms with Crippen LogP contribution in [0.5, 0.6) is 0 Å². The standard InChI is InChI=1S/C18H12ClNO6/c19-13-14(20-12-8-4-7-11(9-12)15(21)22)18(26-17(13)24)25-16(23)10-5-2-1-3-6-10/h1-9,13,18H,(H,21,22)/p-1. The highest BCUT2D eigenvalue weighted by atomic mass is 35.5. The number of carboxylic acid groups (broad SMARTS) is 1. The van der Waals surface area contributed by atoms with Crippen molar-refractivity contribution in [2.45, 2.75) is 11.7 Å². The lowest BCUT2D eigenvalue weighted by molar-refractivity contribution is -0.255. The van der Waals surface area contributed by atoms with E-state index in [9.17, 15) is 19.5 Å². The van der Waals surface area contributed by atoms with Crippen LogP contribution in [0.2, 0.25) is 0 Å². The minimum atomic E-state index is -1.40. The molecule has 2 aromatic carbocycles. The SMILES string of the molecule is O=C([O-])c1cccc(N=C2C(OC(=O)c3ccccc3)OC(=O)C2Cl)c1. The van der Waals surface area contributed by atoms with E-state index in [0.29, 0.717) is 0 Å². The van der Waals surface area contributed by atoms with Crippen molar-refractivity contribution in [2.24, 2.45) is 4.99 Å². The largest absolute Gasteiger partial charge is 0.545 e. The molecule has 0 radical (unpaired) electrons. The molecule has 3 rings (SSSR count). The molecule has 8 heteroatoms. The van der Waals surface area contributed by atoms with E-state index < -0.39 is 29.6 Å². The summed E-state index contributed by atoms with van der Waals surface area (Å²) >= 11 is 5.98. The van der Waals surface area contributed by atoms with E-state index >= 15 is 0 Å². The van der Waals surface area contributed by atoms with Gasteiger partial charge in [-0.15, -0.1) is 11.6 Å². The van der Waals surface area contributed by atoms with E-state index in [1.165, 1.54) is 36.4 Å². The number of benzene rings is 2. The average Bonchev–Trinajstić information content (AvgIpc) is 2.90. The number of hydrogen-bond donors (Lipinski definition) is 0. The van der Waals surface area contributed by atoms with Gasteiger partial charge in [0.2, 0.25) is 0 Å². The number of aromatic carboxylic acids is 1. The number of nitrogens with zero attached hydrogens (tertiary/aromatic N) is 1. The zero-order valence-corrected chi connectivity index (χ0v) is 13.9. The number of carbonyl (C=O) groups is 3. The Morgan fingerprint density at radius 1 is 1.08 bits per heavy atom. The number of carboxylic acids is 1. The predicted octanol–water partition coefficient (Wildman–Crippen LogP) is 1.47. The number of alkyl halides is 1. The lowest BCUT2D eigenvalue weighted by Gasteiger charge is -2.12. The highest BCUT2D eigenvalue weighted by Crippen LogP contribution is 2.24. The van der Waals surface area contributed by atoms with Crippen molar-refractivity contribution in [1.29, 1.82) is 0 Å². The Kier molecular flexibility index (Phi) is 4.99. The summed E-state index contributed by atoms with van der Waals surface area (Å²) < 4.78 is 10.1. The van der Waals surface area contributed by atoms with Crippen molar-refractivity contribution in [3.63, 3.8) is 0 Å². The summed E-state index contributed by atoms with van der Waals surface area (Å²) in [6.45, 7) is 0. The molecule has 132 valence electrons. The van der Waals surface area contributed by atoms with Gasteiger partial charge in [-0.2, -0.15) is 0 Å². The molecule has 0 amide bonds. The Balaban J connectivity index is 1.88. The van der Waals surface area contributed by atoms with Gasteiger partial charge >= 0.3 is 11.9 Å². The Bertz CT molecular complexity index is 896. The van der Waals surface area contributed by atoms with Crippen LogP contribution in [0.3, 0.4) is 0 Å². The lowest BCUT2D eigenvalue weighted by Crippen LogP contribution is -2.27. The first-order valence-corrected chi connectivity index (χ1v) is 7.90. The second-order valence-electron chi connectivity index (χ2n) is 5.28. The number of cyclic esters (lactones) is 1. The second-order valence-corrected chi connectivity index (χ2v) is 5.71. The molecular weight excluding hydrogens is 362 g/mol. The summed E-state index contributed by atoms with van der Waals surface area (Å²) in [6.07, 6.45) is -1.40. The van der Waals surface area contributed by atoms with Gasteiger partial charge in [-0.1, -0.05) is 30.3 Å². The van der Waals surface area contributed by atoms with Crippen LogP contribution in [0.25, 0.3) is 0 Å². The van der Waals surface area contributed by atoms with Crippen molar-refractivity contribution in [3.8, 4) is 0 Å². The van der Waals surface area contributed by atoms with Crippen LogP contribution in [-0.4, -0.2) is 35.3 Å². The summed E-state index contributed by atoms with van der Waals surface area (Å²) in [5.41, 5.74) is 0.323. The van der Waals surface area contributed by atoms with E-state index in [0.717, 1.165) is 0 Å². The monoisotopic (exact) mass is 372 g/mol. The van der Waals surface area contributed by atoms with Gasteiger partial charge in [0.05, 0.1) is 17.2 Å². The number of ether oxygens (including phenoxy) is 2. The highest BCUT2D eigenvalue weighted by molar-refractivity contribution is 6.44. The molecule has 0 saturated carbocycles. The van der Waals surface area contributed by atoms with Gasteiger partial charge in [-0.3, -0.25) is 0 Å². The van der Waals surface area contributed by atoms with Crippen LogP contribution >= 0.6 is 11.6 Å². The molecule has 0 aromatic heterocycles. The molecule has 1 fully saturated rings. The van der Waals surface area contributed by atoms with Crippen LogP contribution < -0.4 is 5.11 Å². The molecule has 26 heavy (non-hydrogen) atoms. The van der Waals surface area contributed by atoms with E-state index in [1.54, 1.807) is 18.2 Å². The van der Waals surface area contributed by atoms with Crippen molar-refractivity contribution in [3.05, 3.63) is 65.7 Å². The van der Waals surface area contributed by atoms with Crippen molar-refractivity contribution >= 4 is 40.9 Å². The molecule has 0 aliphatic carbocycles. The first-order valence-electron chi connectivity index (χ1n) is 7.46. The molecule has 1 aliphatic rings. The molecule has 2 aromatic rings. The minimum absolute atomic E-state index is 0.0450. The Morgan fingerprint density at radius 3 is 2.46 bits per heavy atom. The smallest absolute Gasteiger partial charge is 0.341 e. The van der Waals surface area contributed by atoms with Gasteiger partial charge in [-0.05, 0) is 29.8 Å². The number of aliphatic imine (C=N–C) groups is 1. The molecule has 1 heterocycles. The zero-order valence-electron chi connectivity index (χ0n) is 13.1. The zero-order chi connectivity index (χ0) is 18.7. The quantitative estimate of drug-likeness (QED) is 0.594. The van der Waals surface area contributed by atoms with Gasteiger partial charge < -0.3 is 19.4 Å². The summed E-state index contributed by atoms with van der Waals surface area (Å²) in [4.78, 5) is 39.0. The molecule has 0 N–H and O–H groups in total. The highest BCUT2D eigenvalue weighted by Gasteiger charge is 2.43. The van der Waals surface area contributed by atoms with Gasteiger partial charge in [0.15, 0.2) is 5.38 Å². The van der Waals surface area contributed by atoms with E-state index in [-0.39, 0.29) is 22.5 Å². The van der Waals surface area contributed by atoms with Crippen LogP contribution in [0.15, 0.2) is 59.6 Å². The maximum Gasteiger partial charge on any atom is 0.341 e. The predicted molar refractivity (Wildman–Crippen MR) is 89.2 cm³/mol. The molecular formula is C18H11ClNO6-. The number of carbonyl (C=O) groups excluding carboxylic acids is 3. The van der Waals surface area contributed by atoms with E-state index in [1.807, 2.05) is 0 Å². The molecule has 2 unspecified atom stereocenters. The minimum Gasteiger partial charge on any atom is -0.545 e. The van der Waals surface area contributed by atoms with Gasteiger partial charge in [-0.25, -0.2) is 14.6 Å². The Morgan fingerprint density at radius 2 is 1.77 bits per heavy atom. The summed E-state index contributed by atoms with van der Waals surface area (Å²) in [6, 6.07) is 13.7. The maximum atomic E-state index is 12.2. The number of halogens is 1. The third-order valence-electron chi connectivity index (χ3n) is 3.49. The van der Waals surface area contributed by atoms with Crippen LogP contribution in [-0.2, 0) is 14.3 Å². The molecule has 2 atom stereocenters. The fraction of sp³-hybridized carbons (Fsp3) is 0.111. The first-order chi connectivity index (χ1) is 12.5. The number of rotatable bonds is 4. The fourth-order valence-electron chi connectivity index (χ4n) is 2.25. The van der Waals surface area contributed by atoms with Crippen molar-refractivity contribution in [1.82, 2.24) is 0 Å². The third-order valence-corrected chi connectivity index (χ3v) is 3.90. The summed E-state index contributed by atoms with van der Waals surface area (Å²) in [5, 5.41) is 9.69. The third kappa shape index (κ3) is 3.73. The summed E-state index contributed by atoms with van der Waals surface area (Å²) in [5.74, 6) is -2.90. The molecule has 0 bridgehead atoms. The molecule has 7 nitrogen and oxygen atoms in total. The Labute approximate surface area is 152 Å². The van der Waals surface area contributed by atoms with Crippen LogP contribution in [0.1, 0.15) is 20.7 Å². The second kappa shape index (κ2) is 7.37. The average molecular weight is 373 g/mol. The molecule has 1 saturated heterocycles. The lowest BCUT2D eigenvalue weighted by atomic mass is 10.2. The van der Waals surface area contributed by atoms with Crippen LogP contribution in [0.4, 0.5) is 5.69 Å². The first kappa shape index (κ1) is 17.6.